The van der Waals surface area contributed by atoms with Gasteiger partial charge in [0.1, 0.15) is 0 Å². The van der Waals surface area contributed by atoms with Crippen molar-refractivity contribution < 1.29 is 0 Å². The molecule has 0 aromatic rings. The fourth-order valence-corrected chi connectivity index (χ4v) is 11.4. The van der Waals surface area contributed by atoms with Crippen molar-refractivity contribution in [2.24, 2.45) is 0 Å². The Bertz CT molecular complexity index is 607. The van der Waals surface area contributed by atoms with Crippen LogP contribution in [0.4, 0.5) is 0 Å². The molecule has 0 aromatic carbocycles. The van der Waals surface area contributed by atoms with Crippen molar-refractivity contribution in [3.63, 3.8) is 0 Å². The SMILES string of the molecule is CCCCCCCCCCCCCCCCCCCCCCCCCCCCSSCCCCCCCCCCCCCCCCCCCCCCCCCCCC. The third-order valence-electron chi connectivity index (χ3n) is 13.2. The van der Waals surface area contributed by atoms with Crippen molar-refractivity contribution in [3.8, 4) is 0 Å². The number of hydrogen-bond donors (Lipinski definition) is 0. The normalized spacial score (nSPS) is 11.7. The second-order valence-electron chi connectivity index (χ2n) is 19.3. The average Bonchev–Trinajstić information content (AvgIpc) is 3.23. The van der Waals surface area contributed by atoms with Gasteiger partial charge in [0, 0.05) is 11.5 Å². The zero-order valence-corrected chi connectivity index (χ0v) is 42.6. The molecule has 0 N–H and O–H groups in total. The van der Waals surface area contributed by atoms with Gasteiger partial charge in [-0.05, 0) is 12.8 Å². The maximum absolute atomic E-state index is 2.31. The van der Waals surface area contributed by atoms with Crippen molar-refractivity contribution >= 4 is 21.6 Å². The van der Waals surface area contributed by atoms with Crippen LogP contribution in [0.5, 0.6) is 0 Å². The van der Waals surface area contributed by atoms with Crippen molar-refractivity contribution in [3.05, 3.63) is 0 Å². The standard InChI is InChI=1S/C56H114S2/c1-3-5-7-9-11-13-15-17-19-21-23-25-27-29-31-33-35-37-39-41-43-45-47-49-51-53-55-57-58-56-54-52-50-48-46-44-42-40-38-36-34-32-30-28-26-24-22-20-18-16-14-12-10-8-6-4-2/h3-56H2,1-2H3. The van der Waals surface area contributed by atoms with Gasteiger partial charge in [-0.25, -0.2) is 0 Å². The van der Waals surface area contributed by atoms with Crippen LogP contribution < -0.4 is 0 Å². The average molecular weight is 852 g/mol. The van der Waals surface area contributed by atoms with Gasteiger partial charge in [0.05, 0.1) is 0 Å². The van der Waals surface area contributed by atoms with Gasteiger partial charge in [0.15, 0.2) is 0 Å². The molecule has 0 fully saturated rings. The second kappa shape index (κ2) is 57.7. The number of rotatable bonds is 55. The fraction of sp³-hybridized carbons (Fsp3) is 1.00. The van der Waals surface area contributed by atoms with Gasteiger partial charge in [-0.2, -0.15) is 0 Å². The predicted octanol–water partition coefficient (Wildman–Crippen LogP) is 22.7. The van der Waals surface area contributed by atoms with Crippen molar-refractivity contribution in [2.45, 2.75) is 348 Å². The molecule has 0 amide bonds. The molecule has 0 unspecified atom stereocenters. The Kier molecular flexibility index (Phi) is 58.4. The highest BCUT2D eigenvalue weighted by molar-refractivity contribution is 8.76. The van der Waals surface area contributed by atoms with Gasteiger partial charge < -0.3 is 0 Å². The van der Waals surface area contributed by atoms with Crippen LogP contribution in [-0.4, -0.2) is 11.5 Å². The van der Waals surface area contributed by atoms with Crippen LogP contribution in [0.25, 0.3) is 0 Å². The molecular formula is C56H114S2. The Morgan fingerprint density at radius 1 is 0.138 bits per heavy atom. The Morgan fingerprint density at radius 3 is 0.362 bits per heavy atom. The lowest BCUT2D eigenvalue weighted by Gasteiger charge is -2.05. The molecule has 0 aliphatic rings. The summed E-state index contributed by atoms with van der Waals surface area (Å²) in [4.78, 5) is 0. The van der Waals surface area contributed by atoms with E-state index in [0.717, 1.165) is 0 Å². The summed E-state index contributed by atoms with van der Waals surface area (Å²) in [7, 11) is 4.31. The summed E-state index contributed by atoms with van der Waals surface area (Å²) in [5.41, 5.74) is 0. The molecule has 0 rings (SSSR count). The molecule has 0 radical (unpaired) electrons. The summed E-state index contributed by atoms with van der Waals surface area (Å²) >= 11 is 0. The summed E-state index contributed by atoms with van der Waals surface area (Å²) in [5.74, 6) is 2.76. The van der Waals surface area contributed by atoms with Crippen LogP contribution in [0.2, 0.25) is 0 Å². The first-order chi connectivity index (χ1) is 28.9. The Balaban J connectivity index is 3.05. The maximum atomic E-state index is 2.31. The zero-order valence-electron chi connectivity index (χ0n) is 41.0. The molecule has 2 heteroatoms. The summed E-state index contributed by atoms with van der Waals surface area (Å²) in [6.45, 7) is 4.63. The monoisotopic (exact) mass is 851 g/mol. The lowest BCUT2D eigenvalue weighted by atomic mass is 10.0. The minimum Gasteiger partial charge on any atom is -0.0942 e. The summed E-state index contributed by atoms with van der Waals surface area (Å²) in [6.07, 6.45) is 77.0. The van der Waals surface area contributed by atoms with Crippen LogP contribution in [0.3, 0.4) is 0 Å². The molecule has 0 saturated carbocycles. The first-order valence-electron chi connectivity index (χ1n) is 28.2. The molecule has 0 heterocycles. The molecule has 0 aliphatic carbocycles. The van der Waals surface area contributed by atoms with E-state index in [1.165, 1.54) is 345 Å². The Morgan fingerprint density at radius 2 is 0.241 bits per heavy atom. The molecule has 58 heavy (non-hydrogen) atoms. The maximum Gasteiger partial charge on any atom is 0.00369 e. The van der Waals surface area contributed by atoms with E-state index in [1.54, 1.807) is 0 Å². The third kappa shape index (κ3) is 56.7. The summed E-state index contributed by atoms with van der Waals surface area (Å²) in [5, 5.41) is 0. The van der Waals surface area contributed by atoms with Crippen LogP contribution in [0, 0.1) is 0 Å². The first kappa shape index (κ1) is 58.7. The van der Waals surface area contributed by atoms with E-state index in [0.29, 0.717) is 0 Å². The minimum absolute atomic E-state index is 1.37. The Hall–Kier alpha value is 0.700. The van der Waals surface area contributed by atoms with Gasteiger partial charge in [0.2, 0.25) is 0 Å². The lowest BCUT2D eigenvalue weighted by molar-refractivity contribution is 0.516. The minimum atomic E-state index is 1.37. The molecule has 350 valence electrons. The number of unbranched alkanes of at least 4 members (excludes halogenated alkanes) is 50. The van der Waals surface area contributed by atoms with E-state index < -0.39 is 0 Å². The van der Waals surface area contributed by atoms with Crippen molar-refractivity contribution in [1.29, 1.82) is 0 Å². The molecule has 0 spiro atoms. The second-order valence-corrected chi connectivity index (χ2v) is 22.0. The van der Waals surface area contributed by atoms with E-state index >= 15 is 0 Å². The molecule has 0 saturated heterocycles. The van der Waals surface area contributed by atoms with Gasteiger partial charge in [-0.1, -0.05) is 356 Å². The molecule has 0 bridgehead atoms. The molecule has 0 aromatic heterocycles. The first-order valence-corrected chi connectivity index (χ1v) is 30.6. The van der Waals surface area contributed by atoms with Gasteiger partial charge in [0.25, 0.3) is 0 Å². The quantitative estimate of drug-likeness (QED) is 0.0442. The van der Waals surface area contributed by atoms with Crippen LogP contribution >= 0.6 is 21.6 Å². The third-order valence-corrected chi connectivity index (χ3v) is 15.8. The molecule has 0 aliphatic heterocycles. The van der Waals surface area contributed by atoms with E-state index in [2.05, 4.69) is 35.4 Å². The zero-order chi connectivity index (χ0) is 41.6. The fourth-order valence-electron chi connectivity index (χ4n) is 9.07. The smallest absolute Gasteiger partial charge is 0.00369 e. The van der Waals surface area contributed by atoms with E-state index in [4.69, 9.17) is 0 Å². The van der Waals surface area contributed by atoms with Crippen molar-refractivity contribution in [1.82, 2.24) is 0 Å². The van der Waals surface area contributed by atoms with Gasteiger partial charge in [-0.15, -0.1) is 0 Å². The van der Waals surface area contributed by atoms with Crippen molar-refractivity contribution in [2.75, 3.05) is 11.5 Å². The summed E-state index contributed by atoms with van der Waals surface area (Å²) < 4.78 is 0. The van der Waals surface area contributed by atoms with E-state index in [1.807, 2.05) is 0 Å². The predicted molar refractivity (Wildman–Crippen MR) is 276 cm³/mol. The highest BCUT2D eigenvalue weighted by Crippen LogP contribution is 2.25. The van der Waals surface area contributed by atoms with Crippen LogP contribution in [0.15, 0.2) is 0 Å². The van der Waals surface area contributed by atoms with Gasteiger partial charge in [-0.3, -0.25) is 0 Å². The highest BCUT2D eigenvalue weighted by Gasteiger charge is 1.99. The van der Waals surface area contributed by atoms with E-state index in [9.17, 15) is 0 Å². The summed E-state index contributed by atoms with van der Waals surface area (Å²) in [6, 6.07) is 0. The topological polar surface area (TPSA) is 0 Å². The van der Waals surface area contributed by atoms with E-state index in [-0.39, 0.29) is 0 Å². The molecular weight excluding hydrogens is 737 g/mol. The lowest BCUT2D eigenvalue weighted by Crippen LogP contribution is -1.85. The largest absolute Gasteiger partial charge is 0.0942 e. The Labute approximate surface area is 378 Å². The highest BCUT2D eigenvalue weighted by atomic mass is 33.1. The van der Waals surface area contributed by atoms with Gasteiger partial charge >= 0.3 is 0 Å². The molecule has 0 atom stereocenters. The van der Waals surface area contributed by atoms with Crippen LogP contribution in [0.1, 0.15) is 348 Å². The number of hydrogen-bond acceptors (Lipinski definition) is 2. The molecule has 0 nitrogen and oxygen atoms in total. The van der Waals surface area contributed by atoms with Crippen LogP contribution in [-0.2, 0) is 0 Å².